The number of aromatic hydroxyl groups is 1. The number of ether oxygens (including phenoxy) is 2. The third kappa shape index (κ3) is 6.63. The Kier molecular flexibility index (Phi) is 8.48. The molecule has 0 aromatic heterocycles. The maximum Gasteiger partial charge on any atom is 0.341 e. The molecular weight excluding hydrogens is 502 g/mol. The van der Waals surface area contributed by atoms with E-state index in [1.54, 1.807) is 42.5 Å². The predicted octanol–water partition coefficient (Wildman–Crippen LogP) is 2.11. The first-order chi connectivity index (χ1) is 17.5. The third-order valence-corrected chi connectivity index (χ3v) is 6.80. The number of carboxylic acid groups (broad SMARTS) is 1. The molecule has 0 unspecified atom stereocenters. The maximum absolute atomic E-state index is 12.8. The van der Waals surface area contributed by atoms with Crippen LogP contribution in [-0.2, 0) is 26.0 Å². The fraction of sp³-hybridized carbons (Fsp3) is 0.160. The first-order valence-corrected chi connectivity index (χ1v) is 12.3. The van der Waals surface area contributed by atoms with E-state index in [-0.39, 0.29) is 30.1 Å². The number of hydrogen-bond donors (Lipinski definition) is 5. The lowest BCUT2D eigenvalue weighted by molar-refractivity contribution is -0.139. The van der Waals surface area contributed by atoms with Crippen LogP contribution in [0.4, 0.5) is 0 Å². The lowest BCUT2D eigenvalue weighted by atomic mass is 9.97. The van der Waals surface area contributed by atoms with Gasteiger partial charge in [0.25, 0.3) is 0 Å². The number of carbonyl (C=O) groups excluding carboxylic acids is 1. The van der Waals surface area contributed by atoms with E-state index in [0.29, 0.717) is 22.3 Å². The van der Waals surface area contributed by atoms with Gasteiger partial charge < -0.3 is 25.4 Å². The Morgan fingerprint density at radius 1 is 1.08 bits per heavy atom. The van der Waals surface area contributed by atoms with Crippen molar-refractivity contribution in [3.63, 3.8) is 0 Å². The molecule has 3 aromatic rings. The van der Waals surface area contributed by atoms with Crippen molar-refractivity contribution in [3.8, 4) is 22.6 Å². The average molecular weight is 528 g/mol. The summed E-state index contributed by atoms with van der Waals surface area (Å²) in [4.78, 5) is 22.8. The highest BCUT2D eigenvalue weighted by Crippen LogP contribution is 2.31. The number of carbonyl (C=O) groups is 2. The van der Waals surface area contributed by atoms with Gasteiger partial charge in [0.2, 0.25) is 10.0 Å². The van der Waals surface area contributed by atoms with Gasteiger partial charge in [0, 0.05) is 12.1 Å². The minimum absolute atomic E-state index is 0.111. The van der Waals surface area contributed by atoms with E-state index < -0.39 is 39.2 Å². The number of aliphatic carboxylic acids is 1. The number of esters is 1. The van der Waals surface area contributed by atoms with Gasteiger partial charge in [-0.25, -0.2) is 22.7 Å². The first-order valence-electron chi connectivity index (χ1n) is 10.9. The van der Waals surface area contributed by atoms with Gasteiger partial charge in [0.15, 0.2) is 6.61 Å². The number of nitrogens with one attached hydrogen (secondary N) is 2. The molecule has 0 spiro atoms. The Labute approximate surface area is 213 Å². The smallest absolute Gasteiger partial charge is 0.341 e. The summed E-state index contributed by atoms with van der Waals surface area (Å²) in [6.07, 6.45) is 0.111. The number of methoxy groups -OCH3 is 1. The average Bonchev–Trinajstić information content (AvgIpc) is 2.87. The molecule has 3 rings (SSSR count). The number of phenols is 1. The van der Waals surface area contributed by atoms with Gasteiger partial charge >= 0.3 is 11.9 Å². The Morgan fingerprint density at radius 2 is 1.81 bits per heavy atom. The lowest BCUT2D eigenvalue weighted by Crippen LogP contribution is -2.26. The molecule has 0 saturated carbocycles. The van der Waals surface area contributed by atoms with Crippen molar-refractivity contribution in [2.75, 3.05) is 20.3 Å². The summed E-state index contributed by atoms with van der Waals surface area (Å²) in [6, 6.07) is 15.2. The van der Waals surface area contributed by atoms with E-state index in [4.69, 9.17) is 25.7 Å². The van der Waals surface area contributed by atoms with Gasteiger partial charge in [-0.3, -0.25) is 5.41 Å². The summed E-state index contributed by atoms with van der Waals surface area (Å²) in [5.41, 5.74) is 7.46. The topological polar surface area (TPSA) is 189 Å². The van der Waals surface area contributed by atoms with Crippen LogP contribution in [0.25, 0.3) is 11.1 Å². The minimum atomic E-state index is -4.16. The van der Waals surface area contributed by atoms with Crippen molar-refractivity contribution < 1.29 is 37.7 Å². The second-order valence-electron chi connectivity index (χ2n) is 7.79. The van der Waals surface area contributed by atoms with Gasteiger partial charge in [-0.15, -0.1) is 0 Å². The van der Waals surface area contributed by atoms with E-state index in [2.05, 4.69) is 4.72 Å². The number of nitrogen functional groups attached to an aromatic ring is 1. The molecule has 0 heterocycles. The minimum Gasteiger partial charge on any atom is -0.507 e. The van der Waals surface area contributed by atoms with Crippen LogP contribution in [-0.4, -0.2) is 56.7 Å². The summed E-state index contributed by atoms with van der Waals surface area (Å²) >= 11 is 0. The SMILES string of the molecule is COC(=O)c1ccccc1-c1ccc(CCNS(=O)(=O)c2cc(C(=N)N)ccc2O)c(OCC(=O)O)c1. The molecule has 0 aliphatic carbocycles. The number of benzene rings is 3. The highest BCUT2D eigenvalue weighted by Gasteiger charge is 2.20. The standard InChI is InChI=1S/C25H25N3O8S/c1-35-25(32)19-5-3-2-4-18(19)16-7-6-15(21(12-16)36-14-23(30)31)10-11-28-37(33,34)22-13-17(24(26)27)8-9-20(22)29/h2-9,12-13,28-29H,10-11,14H2,1H3,(H3,26,27)(H,30,31). The highest BCUT2D eigenvalue weighted by molar-refractivity contribution is 7.89. The van der Waals surface area contributed by atoms with Crippen LogP contribution in [0.15, 0.2) is 65.6 Å². The van der Waals surface area contributed by atoms with Crippen LogP contribution in [0, 0.1) is 5.41 Å². The second-order valence-corrected chi connectivity index (χ2v) is 9.52. The van der Waals surface area contributed by atoms with Crippen LogP contribution >= 0.6 is 0 Å². The van der Waals surface area contributed by atoms with Crippen LogP contribution in [0.3, 0.4) is 0 Å². The molecule has 37 heavy (non-hydrogen) atoms. The zero-order valence-electron chi connectivity index (χ0n) is 19.7. The van der Waals surface area contributed by atoms with Crippen LogP contribution < -0.4 is 15.2 Å². The predicted molar refractivity (Wildman–Crippen MR) is 134 cm³/mol. The number of carboxylic acids is 1. The van der Waals surface area contributed by atoms with Crippen LogP contribution in [0.5, 0.6) is 11.5 Å². The summed E-state index contributed by atoms with van der Waals surface area (Å²) in [6.45, 7) is -0.750. The molecule has 6 N–H and O–H groups in total. The van der Waals surface area contributed by atoms with Crippen molar-refractivity contribution in [2.24, 2.45) is 5.73 Å². The number of rotatable bonds is 11. The van der Waals surface area contributed by atoms with Gasteiger partial charge in [0.05, 0.1) is 12.7 Å². The van der Waals surface area contributed by atoms with Crippen LogP contribution in [0.1, 0.15) is 21.5 Å². The largest absolute Gasteiger partial charge is 0.507 e. The maximum atomic E-state index is 12.8. The molecule has 12 heteroatoms. The van der Waals surface area contributed by atoms with E-state index in [9.17, 15) is 23.1 Å². The second kappa shape index (κ2) is 11.5. The lowest BCUT2D eigenvalue weighted by Gasteiger charge is -2.15. The molecule has 0 amide bonds. The van der Waals surface area contributed by atoms with E-state index >= 15 is 0 Å². The number of phenolic OH excluding ortho intramolecular Hbond substituents is 1. The van der Waals surface area contributed by atoms with Crippen molar-refractivity contribution >= 4 is 27.8 Å². The summed E-state index contributed by atoms with van der Waals surface area (Å²) in [5, 5.41) is 26.6. The Morgan fingerprint density at radius 3 is 2.49 bits per heavy atom. The van der Waals surface area contributed by atoms with Crippen molar-refractivity contribution in [2.45, 2.75) is 11.3 Å². The van der Waals surface area contributed by atoms with Gasteiger partial charge in [0.1, 0.15) is 22.2 Å². The van der Waals surface area contributed by atoms with Gasteiger partial charge in [-0.05, 0) is 53.4 Å². The number of amidine groups is 1. The summed E-state index contributed by atoms with van der Waals surface area (Å²) in [5.74, 6) is -2.41. The molecule has 0 bridgehead atoms. The molecule has 0 aliphatic heterocycles. The fourth-order valence-electron chi connectivity index (χ4n) is 3.52. The Hall–Kier alpha value is -4.42. The molecule has 0 aliphatic rings. The molecule has 0 fully saturated rings. The highest BCUT2D eigenvalue weighted by atomic mass is 32.2. The van der Waals surface area contributed by atoms with Crippen molar-refractivity contribution in [1.82, 2.24) is 4.72 Å². The Bertz CT molecular complexity index is 1450. The normalized spacial score (nSPS) is 11.1. The molecule has 11 nitrogen and oxygen atoms in total. The Balaban J connectivity index is 1.87. The zero-order valence-corrected chi connectivity index (χ0v) is 20.5. The van der Waals surface area contributed by atoms with Crippen molar-refractivity contribution in [3.05, 3.63) is 77.4 Å². The molecule has 194 valence electrons. The number of sulfonamides is 1. The molecule has 0 radical (unpaired) electrons. The van der Waals surface area contributed by atoms with Crippen LogP contribution in [0.2, 0.25) is 0 Å². The summed E-state index contributed by atoms with van der Waals surface area (Å²) < 4.78 is 38.1. The quantitative estimate of drug-likeness (QED) is 0.141. The van der Waals surface area contributed by atoms with Crippen molar-refractivity contribution in [1.29, 1.82) is 5.41 Å². The zero-order chi connectivity index (χ0) is 27.2. The fourth-order valence-corrected chi connectivity index (χ4v) is 4.67. The van der Waals surface area contributed by atoms with Gasteiger partial charge in [-0.1, -0.05) is 30.3 Å². The van der Waals surface area contributed by atoms with E-state index in [0.717, 1.165) is 12.1 Å². The van der Waals surface area contributed by atoms with E-state index in [1.807, 2.05) is 0 Å². The molecule has 0 atom stereocenters. The summed E-state index contributed by atoms with van der Waals surface area (Å²) in [7, 11) is -2.90. The number of nitrogens with two attached hydrogens (primary N) is 1. The molecule has 3 aromatic carbocycles. The first kappa shape index (κ1) is 27.2. The molecular formula is C25H25N3O8S. The number of hydrogen-bond acceptors (Lipinski definition) is 8. The van der Waals surface area contributed by atoms with Gasteiger partial charge in [-0.2, -0.15) is 0 Å². The molecule has 0 saturated heterocycles. The van der Waals surface area contributed by atoms with E-state index in [1.165, 1.54) is 13.2 Å². The monoisotopic (exact) mass is 527 g/mol. The third-order valence-electron chi connectivity index (χ3n) is 5.31.